The van der Waals surface area contributed by atoms with Gasteiger partial charge >= 0.3 is 5.97 Å². The lowest BCUT2D eigenvalue weighted by atomic mass is 10.1. The van der Waals surface area contributed by atoms with Gasteiger partial charge in [0.1, 0.15) is 11.3 Å². The van der Waals surface area contributed by atoms with E-state index < -0.39 is 5.97 Å². The maximum absolute atomic E-state index is 10.9. The Morgan fingerprint density at radius 2 is 2.00 bits per heavy atom. The molecule has 0 fully saturated rings. The maximum Gasteiger partial charge on any atom is 0.317 e. The highest BCUT2D eigenvalue weighted by atomic mass is 16.4. The largest absolute Gasteiger partial charge is 0.480 e. The molecule has 0 saturated heterocycles. The molecule has 1 aromatic carbocycles. The zero-order chi connectivity index (χ0) is 14.0. The molecule has 0 saturated carbocycles. The summed E-state index contributed by atoms with van der Waals surface area (Å²) in [5.74, 6) is -0.0205. The second kappa shape index (κ2) is 5.45. The third-order valence-corrected chi connectivity index (χ3v) is 3.33. The number of aliphatic carboxylic acids is 1. The Hall–Kier alpha value is -1.81. The zero-order valence-electron chi connectivity index (χ0n) is 11.5. The molecule has 2 aromatic rings. The maximum atomic E-state index is 10.9. The van der Waals surface area contributed by atoms with Gasteiger partial charge in [-0.15, -0.1) is 0 Å². The van der Waals surface area contributed by atoms with E-state index in [1.807, 2.05) is 56.0 Å². The highest BCUT2D eigenvalue weighted by Gasteiger charge is 2.23. The first-order chi connectivity index (χ1) is 8.99. The van der Waals surface area contributed by atoms with Crippen molar-refractivity contribution in [3.63, 3.8) is 0 Å². The standard InChI is InChI=1S/C15H19NO3/c1-10(2)16(9-15(17)18)11(3)14-8-12-6-4-5-7-13(12)19-14/h4-8,10-11H,9H2,1-3H3,(H,17,18). The molecule has 0 aliphatic rings. The van der Waals surface area contributed by atoms with Crippen LogP contribution in [0, 0.1) is 0 Å². The fourth-order valence-electron chi connectivity index (χ4n) is 2.29. The van der Waals surface area contributed by atoms with Crippen LogP contribution in [-0.4, -0.2) is 28.6 Å². The molecule has 0 bridgehead atoms. The number of furan rings is 1. The SMILES string of the molecule is CC(C)N(CC(=O)O)C(C)c1cc2ccccc2o1. The molecule has 0 aliphatic heterocycles. The number of rotatable bonds is 5. The lowest BCUT2D eigenvalue weighted by Gasteiger charge is -2.29. The number of carboxylic acid groups (broad SMARTS) is 1. The Morgan fingerprint density at radius 3 is 2.58 bits per heavy atom. The van der Waals surface area contributed by atoms with Crippen LogP contribution in [0.15, 0.2) is 34.7 Å². The molecule has 0 amide bonds. The molecule has 4 heteroatoms. The first-order valence-electron chi connectivity index (χ1n) is 6.45. The second-order valence-electron chi connectivity index (χ2n) is 5.02. The summed E-state index contributed by atoms with van der Waals surface area (Å²) in [5, 5.41) is 10.0. The van der Waals surface area contributed by atoms with E-state index in [-0.39, 0.29) is 18.6 Å². The summed E-state index contributed by atoms with van der Waals surface area (Å²) < 4.78 is 5.81. The Labute approximate surface area is 112 Å². The molecule has 19 heavy (non-hydrogen) atoms. The van der Waals surface area contributed by atoms with Gasteiger partial charge in [0.2, 0.25) is 0 Å². The molecule has 1 heterocycles. The monoisotopic (exact) mass is 261 g/mol. The molecule has 1 N–H and O–H groups in total. The van der Waals surface area contributed by atoms with Crippen LogP contribution < -0.4 is 0 Å². The molecule has 0 spiro atoms. The van der Waals surface area contributed by atoms with Crippen molar-refractivity contribution in [2.75, 3.05) is 6.54 Å². The molecule has 4 nitrogen and oxygen atoms in total. The average molecular weight is 261 g/mol. The van der Waals surface area contributed by atoms with E-state index in [9.17, 15) is 4.79 Å². The summed E-state index contributed by atoms with van der Waals surface area (Å²) in [6.07, 6.45) is 0. The number of benzene rings is 1. The van der Waals surface area contributed by atoms with Crippen molar-refractivity contribution >= 4 is 16.9 Å². The van der Waals surface area contributed by atoms with Gasteiger partial charge in [-0.05, 0) is 32.9 Å². The molecule has 1 aromatic heterocycles. The van der Waals surface area contributed by atoms with Crippen LogP contribution in [0.2, 0.25) is 0 Å². The van der Waals surface area contributed by atoms with Crippen molar-refractivity contribution < 1.29 is 14.3 Å². The van der Waals surface area contributed by atoms with Gasteiger partial charge in [-0.1, -0.05) is 18.2 Å². The Bertz CT molecular complexity index is 541. The predicted octanol–water partition coefficient (Wildman–Crippen LogP) is 3.29. The normalized spacial score (nSPS) is 13.3. The van der Waals surface area contributed by atoms with Crippen LogP contribution in [0.3, 0.4) is 0 Å². The first kappa shape index (κ1) is 13.6. The predicted molar refractivity (Wildman–Crippen MR) is 74.1 cm³/mol. The smallest absolute Gasteiger partial charge is 0.317 e. The molecule has 2 rings (SSSR count). The van der Waals surface area contributed by atoms with Crippen molar-refractivity contribution in [2.24, 2.45) is 0 Å². The number of para-hydroxylation sites is 1. The van der Waals surface area contributed by atoms with E-state index in [0.717, 1.165) is 16.7 Å². The van der Waals surface area contributed by atoms with Crippen molar-refractivity contribution in [2.45, 2.75) is 32.9 Å². The van der Waals surface area contributed by atoms with Crippen molar-refractivity contribution in [1.29, 1.82) is 0 Å². The number of fused-ring (bicyclic) bond motifs is 1. The zero-order valence-corrected chi connectivity index (χ0v) is 11.5. The van der Waals surface area contributed by atoms with E-state index in [1.165, 1.54) is 0 Å². The van der Waals surface area contributed by atoms with Crippen LogP contribution in [0.5, 0.6) is 0 Å². The molecule has 1 unspecified atom stereocenters. The van der Waals surface area contributed by atoms with Gasteiger partial charge < -0.3 is 9.52 Å². The molecular weight excluding hydrogens is 242 g/mol. The van der Waals surface area contributed by atoms with Gasteiger partial charge in [-0.3, -0.25) is 9.69 Å². The van der Waals surface area contributed by atoms with E-state index >= 15 is 0 Å². The van der Waals surface area contributed by atoms with Crippen LogP contribution >= 0.6 is 0 Å². The summed E-state index contributed by atoms with van der Waals surface area (Å²) in [4.78, 5) is 12.9. The summed E-state index contributed by atoms with van der Waals surface area (Å²) >= 11 is 0. The Kier molecular flexibility index (Phi) is 3.90. The highest BCUT2D eigenvalue weighted by Crippen LogP contribution is 2.28. The number of hydrogen-bond acceptors (Lipinski definition) is 3. The van der Waals surface area contributed by atoms with Crippen LogP contribution in [0.1, 0.15) is 32.6 Å². The van der Waals surface area contributed by atoms with Gasteiger partial charge in [0.25, 0.3) is 0 Å². The quantitative estimate of drug-likeness (QED) is 0.897. The average Bonchev–Trinajstić information content (AvgIpc) is 2.78. The summed E-state index contributed by atoms with van der Waals surface area (Å²) in [7, 11) is 0. The minimum absolute atomic E-state index is 0.00980. The van der Waals surface area contributed by atoms with Crippen molar-refractivity contribution in [3.05, 3.63) is 36.1 Å². The van der Waals surface area contributed by atoms with Gasteiger partial charge in [0.15, 0.2) is 0 Å². The van der Waals surface area contributed by atoms with Crippen molar-refractivity contribution in [1.82, 2.24) is 4.90 Å². The molecular formula is C15H19NO3. The summed E-state index contributed by atoms with van der Waals surface area (Å²) in [6.45, 7) is 5.96. The molecule has 1 atom stereocenters. The fraction of sp³-hybridized carbons (Fsp3) is 0.400. The Balaban J connectivity index is 2.29. The van der Waals surface area contributed by atoms with Crippen LogP contribution in [0.4, 0.5) is 0 Å². The highest BCUT2D eigenvalue weighted by molar-refractivity contribution is 5.77. The lowest BCUT2D eigenvalue weighted by Crippen LogP contribution is -2.37. The molecule has 0 radical (unpaired) electrons. The van der Waals surface area contributed by atoms with Gasteiger partial charge in [-0.2, -0.15) is 0 Å². The summed E-state index contributed by atoms with van der Waals surface area (Å²) in [6, 6.07) is 9.86. The number of carbonyl (C=O) groups is 1. The lowest BCUT2D eigenvalue weighted by molar-refractivity contribution is -0.139. The fourth-order valence-corrected chi connectivity index (χ4v) is 2.29. The third-order valence-electron chi connectivity index (χ3n) is 3.33. The van der Waals surface area contributed by atoms with E-state index in [2.05, 4.69) is 0 Å². The minimum Gasteiger partial charge on any atom is -0.480 e. The number of hydrogen-bond donors (Lipinski definition) is 1. The summed E-state index contributed by atoms with van der Waals surface area (Å²) in [5.41, 5.74) is 0.836. The van der Waals surface area contributed by atoms with E-state index in [0.29, 0.717) is 0 Å². The topological polar surface area (TPSA) is 53.7 Å². The van der Waals surface area contributed by atoms with E-state index in [4.69, 9.17) is 9.52 Å². The van der Waals surface area contributed by atoms with Crippen LogP contribution in [0.25, 0.3) is 11.0 Å². The second-order valence-corrected chi connectivity index (χ2v) is 5.02. The molecule has 102 valence electrons. The minimum atomic E-state index is -0.823. The first-order valence-corrected chi connectivity index (χ1v) is 6.45. The Morgan fingerprint density at radius 1 is 1.32 bits per heavy atom. The van der Waals surface area contributed by atoms with Crippen molar-refractivity contribution in [3.8, 4) is 0 Å². The van der Waals surface area contributed by atoms with Gasteiger partial charge in [-0.25, -0.2) is 0 Å². The number of carboxylic acids is 1. The molecule has 0 aliphatic carbocycles. The van der Waals surface area contributed by atoms with Crippen LogP contribution in [-0.2, 0) is 4.79 Å². The van der Waals surface area contributed by atoms with Gasteiger partial charge in [0.05, 0.1) is 12.6 Å². The third kappa shape index (κ3) is 2.96. The number of nitrogens with zero attached hydrogens (tertiary/aromatic N) is 1. The van der Waals surface area contributed by atoms with Gasteiger partial charge in [0, 0.05) is 11.4 Å². The van der Waals surface area contributed by atoms with E-state index in [1.54, 1.807) is 0 Å².